The van der Waals surface area contributed by atoms with Crippen LogP contribution in [0.15, 0.2) is 10.7 Å². The highest BCUT2D eigenvalue weighted by Crippen LogP contribution is 2.23. The summed E-state index contributed by atoms with van der Waals surface area (Å²) in [4.78, 5) is 3.76. The first-order chi connectivity index (χ1) is 6.11. The average molecular weight is 265 g/mol. The molecule has 0 unspecified atom stereocenters. The summed E-state index contributed by atoms with van der Waals surface area (Å²) in [5.41, 5.74) is 5.81. The van der Waals surface area contributed by atoms with Crippen molar-refractivity contribution in [1.82, 2.24) is 14.6 Å². The van der Waals surface area contributed by atoms with Crippen molar-refractivity contribution < 1.29 is 4.39 Å². The van der Waals surface area contributed by atoms with Gasteiger partial charge in [-0.05, 0) is 15.9 Å². The van der Waals surface area contributed by atoms with Gasteiger partial charge in [0.15, 0.2) is 16.6 Å². The van der Waals surface area contributed by atoms with Crippen molar-refractivity contribution in [2.75, 3.05) is 5.73 Å². The van der Waals surface area contributed by atoms with Gasteiger partial charge in [-0.25, -0.2) is 4.98 Å². The predicted octanol–water partition coefficient (Wildman–Crippen LogP) is 1.87. The summed E-state index contributed by atoms with van der Waals surface area (Å²) in [7, 11) is 0. The van der Waals surface area contributed by atoms with Crippen molar-refractivity contribution in [1.29, 1.82) is 0 Å². The van der Waals surface area contributed by atoms with Gasteiger partial charge in [0.25, 0.3) is 0 Å². The van der Waals surface area contributed by atoms with Crippen molar-refractivity contribution in [3.63, 3.8) is 0 Å². The summed E-state index contributed by atoms with van der Waals surface area (Å²) >= 11 is 8.67. The van der Waals surface area contributed by atoms with Gasteiger partial charge in [-0.3, -0.25) is 0 Å². The van der Waals surface area contributed by atoms with E-state index in [9.17, 15) is 4.39 Å². The number of aromatic nitrogens is 3. The van der Waals surface area contributed by atoms with E-state index < -0.39 is 5.82 Å². The molecular formula is C6H3BrClFN4. The largest absolute Gasteiger partial charge is 0.381 e. The second-order valence-electron chi connectivity index (χ2n) is 2.33. The van der Waals surface area contributed by atoms with E-state index in [2.05, 4.69) is 26.0 Å². The first-order valence-corrected chi connectivity index (χ1v) is 4.42. The molecule has 7 heteroatoms. The van der Waals surface area contributed by atoms with Crippen LogP contribution in [0.3, 0.4) is 0 Å². The van der Waals surface area contributed by atoms with Gasteiger partial charge in [0.1, 0.15) is 0 Å². The molecule has 13 heavy (non-hydrogen) atoms. The van der Waals surface area contributed by atoms with E-state index in [1.165, 1.54) is 10.7 Å². The second kappa shape index (κ2) is 2.81. The lowest BCUT2D eigenvalue weighted by Gasteiger charge is -2.01. The lowest BCUT2D eigenvalue weighted by molar-refractivity contribution is 0.615. The van der Waals surface area contributed by atoms with Crippen LogP contribution in [0.2, 0.25) is 5.15 Å². The minimum Gasteiger partial charge on any atom is -0.381 e. The second-order valence-corrected chi connectivity index (χ2v) is 3.54. The number of halogens is 3. The van der Waals surface area contributed by atoms with Crippen molar-refractivity contribution in [2.24, 2.45) is 0 Å². The fourth-order valence-corrected chi connectivity index (χ4v) is 1.46. The molecule has 2 aromatic rings. The Bertz CT molecular complexity index is 483. The van der Waals surface area contributed by atoms with Crippen molar-refractivity contribution >= 4 is 39.0 Å². The van der Waals surface area contributed by atoms with Crippen LogP contribution < -0.4 is 5.73 Å². The molecule has 0 saturated heterocycles. The first kappa shape index (κ1) is 8.71. The number of hydrogen-bond acceptors (Lipinski definition) is 3. The Labute approximate surface area is 85.6 Å². The van der Waals surface area contributed by atoms with Crippen LogP contribution in [0.4, 0.5) is 10.2 Å². The van der Waals surface area contributed by atoms with E-state index in [4.69, 9.17) is 17.3 Å². The number of hydrogen-bond donors (Lipinski definition) is 1. The molecule has 0 radical (unpaired) electrons. The van der Waals surface area contributed by atoms with Gasteiger partial charge in [-0.1, -0.05) is 11.6 Å². The topological polar surface area (TPSA) is 56.2 Å². The molecule has 0 aliphatic heterocycles. The van der Waals surface area contributed by atoms with E-state index in [1.54, 1.807) is 0 Å². The van der Waals surface area contributed by atoms with Crippen molar-refractivity contribution in [3.05, 3.63) is 21.6 Å². The number of anilines is 1. The average Bonchev–Trinajstić information content (AvgIpc) is 2.45. The van der Waals surface area contributed by atoms with Gasteiger partial charge in [-0.15, -0.1) is 0 Å². The molecule has 0 bridgehead atoms. The molecule has 0 atom stereocenters. The number of nitrogens with two attached hydrogens (primary N) is 1. The molecule has 2 heterocycles. The van der Waals surface area contributed by atoms with Gasteiger partial charge in [-0.2, -0.15) is 14.0 Å². The normalized spacial score (nSPS) is 11.0. The van der Waals surface area contributed by atoms with Crippen LogP contribution >= 0.6 is 27.5 Å². The molecule has 68 valence electrons. The Morgan fingerprint density at radius 1 is 1.62 bits per heavy atom. The third-order valence-electron chi connectivity index (χ3n) is 1.54. The molecule has 0 saturated carbocycles. The molecule has 0 fully saturated rings. The summed E-state index contributed by atoms with van der Waals surface area (Å²) in [6, 6.07) is 0. The van der Waals surface area contributed by atoms with E-state index in [1.807, 2.05) is 0 Å². The Balaban J connectivity index is 2.96. The number of nitrogens with zero attached hydrogens (tertiary/aromatic N) is 3. The maximum Gasteiger partial charge on any atom is 0.202 e. The minimum absolute atomic E-state index is 0.152. The molecule has 0 spiro atoms. The van der Waals surface area contributed by atoms with E-state index in [0.29, 0.717) is 10.1 Å². The maximum atomic E-state index is 13.1. The third-order valence-corrected chi connectivity index (χ3v) is 2.35. The predicted molar refractivity (Wildman–Crippen MR) is 50.1 cm³/mol. The summed E-state index contributed by atoms with van der Waals surface area (Å²) in [6.45, 7) is 0. The Morgan fingerprint density at radius 2 is 2.31 bits per heavy atom. The molecule has 0 amide bonds. The molecule has 0 aliphatic carbocycles. The molecule has 2 rings (SSSR count). The highest BCUT2D eigenvalue weighted by atomic mass is 79.9. The molecule has 4 nitrogen and oxygen atoms in total. The van der Waals surface area contributed by atoms with Gasteiger partial charge < -0.3 is 5.73 Å². The molecule has 0 aromatic carbocycles. The van der Waals surface area contributed by atoms with Crippen LogP contribution in [0.1, 0.15) is 0 Å². The maximum absolute atomic E-state index is 13.1. The summed E-state index contributed by atoms with van der Waals surface area (Å²) in [5, 5.41) is 3.55. The van der Waals surface area contributed by atoms with Gasteiger partial charge >= 0.3 is 0 Å². The van der Waals surface area contributed by atoms with Gasteiger partial charge in [0, 0.05) is 0 Å². The van der Waals surface area contributed by atoms with Crippen molar-refractivity contribution in [3.8, 4) is 0 Å². The minimum atomic E-state index is -0.759. The molecular weight excluding hydrogens is 262 g/mol. The Hall–Kier alpha value is -0.880. The van der Waals surface area contributed by atoms with Crippen molar-refractivity contribution in [2.45, 2.75) is 0 Å². The zero-order chi connectivity index (χ0) is 9.59. The zero-order valence-electron chi connectivity index (χ0n) is 6.13. The fourth-order valence-electron chi connectivity index (χ4n) is 0.940. The molecule has 0 aliphatic rings. The highest BCUT2D eigenvalue weighted by Gasteiger charge is 2.13. The van der Waals surface area contributed by atoms with Crippen LogP contribution in [-0.2, 0) is 0 Å². The molecule has 2 N–H and O–H groups in total. The fraction of sp³-hybridized carbons (Fsp3) is 0. The number of nitrogen functional groups attached to an aromatic ring is 1. The molecule has 2 aromatic heterocycles. The van der Waals surface area contributed by atoms with E-state index in [-0.39, 0.29) is 11.0 Å². The van der Waals surface area contributed by atoms with Crippen LogP contribution in [0.5, 0.6) is 0 Å². The van der Waals surface area contributed by atoms with Crippen LogP contribution in [0, 0.1) is 5.82 Å². The highest BCUT2D eigenvalue weighted by molar-refractivity contribution is 9.10. The van der Waals surface area contributed by atoms with E-state index >= 15 is 0 Å². The smallest absolute Gasteiger partial charge is 0.202 e. The van der Waals surface area contributed by atoms with Crippen LogP contribution in [-0.4, -0.2) is 14.6 Å². The lowest BCUT2D eigenvalue weighted by atomic mass is 10.5. The SMILES string of the molecule is Nc1c(F)c(Cl)nc2c(Br)cnn12. The zero-order valence-corrected chi connectivity index (χ0v) is 8.47. The Kier molecular flexibility index (Phi) is 1.88. The lowest BCUT2D eigenvalue weighted by Crippen LogP contribution is -2.04. The Morgan fingerprint density at radius 3 is 3.00 bits per heavy atom. The van der Waals surface area contributed by atoms with Gasteiger partial charge in [0.05, 0.1) is 10.7 Å². The monoisotopic (exact) mass is 264 g/mol. The summed E-state index contributed by atoms with van der Waals surface area (Å²) in [5.74, 6) is -0.912. The van der Waals surface area contributed by atoms with Gasteiger partial charge in [0.2, 0.25) is 5.82 Å². The quantitative estimate of drug-likeness (QED) is 0.740. The number of fused-ring (bicyclic) bond motifs is 1. The summed E-state index contributed by atoms with van der Waals surface area (Å²) in [6.07, 6.45) is 1.47. The number of rotatable bonds is 0. The van der Waals surface area contributed by atoms with E-state index in [0.717, 1.165) is 0 Å². The third kappa shape index (κ3) is 1.17. The van der Waals surface area contributed by atoms with Crippen LogP contribution in [0.25, 0.3) is 5.65 Å². The first-order valence-electron chi connectivity index (χ1n) is 3.25. The summed E-state index contributed by atoms with van der Waals surface area (Å²) < 4.78 is 14.9. The standard InChI is InChI=1S/C6H3BrClFN4/c7-2-1-11-13-5(10)3(9)4(8)12-6(2)13/h1H,10H2.